The minimum atomic E-state index is -4.43. The van der Waals surface area contributed by atoms with Crippen LogP contribution >= 0.6 is 0 Å². The number of sulfonamides is 1. The van der Waals surface area contributed by atoms with Crippen molar-refractivity contribution >= 4 is 27.5 Å². The van der Waals surface area contributed by atoms with E-state index in [1.165, 1.54) is 42.3 Å². The first-order chi connectivity index (χ1) is 23.7. The molecule has 1 heterocycles. The molecule has 1 unspecified atom stereocenters. The largest absolute Gasteiger partial charge is 0.497 e. The predicted molar refractivity (Wildman–Crippen MR) is 184 cm³/mol. The molecule has 0 aromatic heterocycles. The molecule has 12 heteroatoms. The molecule has 0 saturated heterocycles. The molecule has 4 aromatic rings. The second-order valence-corrected chi connectivity index (χ2v) is 13.4. The Balaban J connectivity index is 1.57. The topological polar surface area (TPSA) is 114 Å². The van der Waals surface area contributed by atoms with Crippen molar-refractivity contribution in [2.45, 2.75) is 43.7 Å². The Kier molecular flexibility index (Phi) is 11.7. The maximum absolute atomic E-state index is 14.6. The number of nitrogens with one attached hydrogen (secondary N) is 1. The van der Waals surface area contributed by atoms with E-state index in [2.05, 4.69) is 5.32 Å². The van der Waals surface area contributed by atoms with E-state index in [-0.39, 0.29) is 41.8 Å². The number of halogens is 1. The highest BCUT2D eigenvalue weighted by Crippen LogP contribution is 2.34. The zero-order valence-electron chi connectivity index (χ0n) is 27.5. The van der Waals surface area contributed by atoms with E-state index in [1.807, 2.05) is 37.3 Å². The Bertz CT molecular complexity index is 1840. The van der Waals surface area contributed by atoms with Crippen LogP contribution in [0.15, 0.2) is 102 Å². The first kappa shape index (κ1) is 35.2. The van der Waals surface area contributed by atoms with Crippen molar-refractivity contribution in [3.05, 3.63) is 114 Å². The third-order valence-corrected chi connectivity index (χ3v) is 9.85. The second-order valence-electron chi connectivity index (χ2n) is 11.5. The molecule has 5 rings (SSSR count). The van der Waals surface area contributed by atoms with Gasteiger partial charge in [0.05, 0.1) is 17.7 Å². The third-order valence-electron chi connectivity index (χ3n) is 8.08. The Morgan fingerprint density at radius 2 is 1.61 bits per heavy atom. The first-order valence-corrected chi connectivity index (χ1v) is 17.6. The molecule has 1 atom stereocenters. The SMILES string of the molecule is CCCCNC(=O)C(Cc1ccccc1)N(Cc1cccc(OC)c1)C(=O)CN(c1ccc(F)cc1)S(=O)(=O)c1ccc2c(c1)OCCO2. The molecule has 0 radical (unpaired) electrons. The van der Waals surface area contributed by atoms with E-state index in [1.54, 1.807) is 24.3 Å². The average Bonchev–Trinajstić information content (AvgIpc) is 3.12. The number of anilines is 1. The number of methoxy groups -OCH3 is 1. The molecule has 2 amide bonds. The van der Waals surface area contributed by atoms with Crippen molar-refractivity contribution in [1.29, 1.82) is 0 Å². The number of hydrogen-bond donors (Lipinski definition) is 1. The molecule has 1 aliphatic rings. The summed E-state index contributed by atoms with van der Waals surface area (Å²) in [5.74, 6) is -0.360. The van der Waals surface area contributed by atoms with Crippen molar-refractivity contribution < 1.29 is 36.6 Å². The Labute approximate surface area is 286 Å². The lowest BCUT2D eigenvalue weighted by atomic mass is 10.0. The van der Waals surface area contributed by atoms with E-state index in [0.717, 1.165) is 34.8 Å². The standard InChI is InChI=1S/C37H40FN3O7S/c1-3-4-19-39-37(43)33(23-27-9-6-5-7-10-27)40(25-28-11-8-12-31(22-28)46-2)36(42)26-41(30-15-13-29(38)14-16-30)49(44,45)32-17-18-34-35(24-32)48-21-20-47-34/h5-18,22,24,33H,3-4,19-21,23,25-26H2,1-2H3,(H,39,43). The van der Waals surface area contributed by atoms with E-state index in [0.29, 0.717) is 30.2 Å². The van der Waals surface area contributed by atoms with Crippen LogP contribution in [0.3, 0.4) is 0 Å². The van der Waals surface area contributed by atoms with Gasteiger partial charge >= 0.3 is 0 Å². The summed E-state index contributed by atoms with van der Waals surface area (Å²) in [6.45, 7) is 2.31. The Hall–Kier alpha value is -5.10. The maximum atomic E-state index is 14.6. The quantitative estimate of drug-likeness (QED) is 0.167. The fraction of sp³-hybridized carbons (Fsp3) is 0.297. The van der Waals surface area contributed by atoms with Crippen LogP contribution in [0.25, 0.3) is 0 Å². The highest BCUT2D eigenvalue weighted by molar-refractivity contribution is 7.92. The van der Waals surface area contributed by atoms with Crippen molar-refractivity contribution in [2.75, 3.05) is 37.7 Å². The van der Waals surface area contributed by atoms with E-state index in [9.17, 15) is 22.4 Å². The molecule has 258 valence electrons. The fourth-order valence-corrected chi connectivity index (χ4v) is 6.91. The molecular weight excluding hydrogens is 649 g/mol. The minimum Gasteiger partial charge on any atom is -0.497 e. The van der Waals surface area contributed by atoms with Gasteiger partial charge in [0.15, 0.2) is 11.5 Å². The van der Waals surface area contributed by atoms with Gasteiger partial charge in [-0.15, -0.1) is 0 Å². The molecule has 0 fully saturated rings. The molecule has 0 spiro atoms. The Morgan fingerprint density at radius 1 is 0.898 bits per heavy atom. The number of nitrogens with zero attached hydrogens (tertiary/aromatic N) is 2. The number of rotatable bonds is 15. The molecule has 0 bridgehead atoms. The zero-order valence-corrected chi connectivity index (χ0v) is 28.3. The third kappa shape index (κ3) is 8.88. The molecule has 0 aliphatic carbocycles. The normalized spacial score (nSPS) is 12.9. The highest BCUT2D eigenvalue weighted by atomic mass is 32.2. The monoisotopic (exact) mass is 689 g/mol. The summed E-state index contributed by atoms with van der Waals surface area (Å²) in [4.78, 5) is 29.8. The number of amides is 2. The van der Waals surface area contributed by atoms with Gasteiger partial charge < -0.3 is 24.4 Å². The van der Waals surface area contributed by atoms with Gasteiger partial charge in [0.25, 0.3) is 10.0 Å². The van der Waals surface area contributed by atoms with Crippen LogP contribution < -0.4 is 23.8 Å². The van der Waals surface area contributed by atoms with E-state index < -0.39 is 34.3 Å². The van der Waals surface area contributed by atoms with Crippen LogP contribution in [0, 0.1) is 5.82 Å². The van der Waals surface area contributed by atoms with Crippen LogP contribution in [-0.2, 0) is 32.6 Å². The summed E-state index contributed by atoms with van der Waals surface area (Å²) in [6.07, 6.45) is 1.79. The van der Waals surface area contributed by atoms with Crippen molar-refractivity contribution in [2.24, 2.45) is 0 Å². The molecular formula is C37H40FN3O7S. The van der Waals surface area contributed by atoms with Gasteiger partial charge in [0.1, 0.15) is 37.4 Å². The summed E-state index contributed by atoms with van der Waals surface area (Å²) in [7, 11) is -2.90. The zero-order chi connectivity index (χ0) is 34.8. The number of fused-ring (bicyclic) bond motifs is 1. The minimum absolute atomic E-state index is 0.0178. The molecule has 10 nitrogen and oxygen atoms in total. The van der Waals surface area contributed by atoms with Crippen LogP contribution in [0.2, 0.25) is 0 Å². The van der Waals surface area contributed by atoms with Gasteiger partial charge in [0.2, 0.25) is 11.8 Å². The van der Waals surface area contributed by atoms with Gasteiger partial charge in [-0.25, -0.2) is 12.8 Å². The van der Waals surface area contributed by atoms with Crippen molar-refractivity contribution in [3.63, 3.8) is 0 Å². The smallest absolute Gasteiger partial charge is 0.264 e. The number of unbranched alkanes of at least 4 members (excludes halogenated alkanes) is 1. The highest BCUT2D eigenvalue weighted by Gasteiger charge is 2.35. The molecule has 1 N–H and O–H groups in total. The first-order valence-electron chi connectivity index (χ1n) is 16.1. The maximum Gasteiger partial charge on any atom is 0.264 e. The molecule has 1 aliphatic heterocycles. The summed E-state index contributed by atoms with van der Waals surface area (Å²) >= 11 is 0. The summed E-state index contributed by atoms with van der Waals surface area (Å²) in [6, 6.07) is 24.5. The van der Waals surface area contributed by atoms with Crippen molar-refractivity contribution in [3.8, 4) is 17.2 Å². The lowest BCUT2D eigenvalue weighted by molar-refractivity contribution is -0.140. The number of ether oxygens (including phenoxy) is 3. The number of benzene rings is 4. The molecule has 49 heavy (non-hydrogen) atoms. The lowest BCUT2D eigenvalue weighted by Gasteiger charge is -2.34. The fourth-order valence-electron chi connectivity index (χ4n) is 5.48. The summed E-state index contributed by atoms with van der Waals surface area (Å²) in [5, 5.41) is 2.97. The second kappa shape index (κ2) is 16.3. The number of hydrogen-bond acceptors (Lipinski definition) is 7. The van der Waals surface area contributed by atoms with Crippen LogP contribution in [0.5, 0.6) is 17.2 Å². The van der Waals surface area contributed by atoms with E-state index >= 15 is 0 Å². The van der Waals surface area contributed by atoms with E-state index in [4.69, 9.17) is 14.2 Å². The van der Waals surface area contributed by atoms with Crippen LogP contribution in [-0.4, -0.2) is 64.6 Å². The van der Waals surface area contributed by atoms with Crippen LogP contribution in [0.4, 0.5) is 10.1 Å². The van der Waals surface area contributed by atoms with Gasteiger partial charge in [-0.1, -0.05) is 55.8 Å². The van der Waals surface area contributed by atoms with Crippen molar-refractivity contribution in [1.82, 2.24) is 10.2 Å². The van der Waals surface area contributed by atoms with Gasteiger partial charge in [-0.3, -0.25) is 13.9 Å². The summed E-state index contributed by atoms with van der Waals surface area (Å²) < 4.78 is 60.3. The molecule has 4 aromatic carbocycles. The average molecular weight is 690 g/mol. The Morgan fingerprint density at radius 3 is 2.33 bits per heavy atom. The number of carbonyl (C=O) groups is 2. The van der Waals surface area contributed by atoms with Crippen LogP contribution in [0.1, 0.15) is 30.9 Å². The van der Waals surface area contributed by atoms with Gasteiger partial charge in [-0.05, 0) is 66.1 Å². The van der Waals surface area contributed by atoms with Gasteiger partial charge in [0, 0.05) is 25.6 Å². The molecule has 0 saturated carbocycles. The number of carbonyl (C=O) groups excluding carboxylic acids is 2. The van der Waals surface area contributed by atoms with Gasteiger partial charge in [-0.2, -0.15) is 0 Å². The predicted octanol–water partition coefficient (Wildman–Crippen LogP) is 5.36. The lowest BCUT2D eigenvalue weighted by Crippen LogP contribution is -2.53. The summed E-state index contributed by atoms with van der Waals surface area (Å²) in [5.41, 5.74) is 1.56.